The van der Waals surface area contributed by atoms with Gasteiger partial charge >= 0.3 is 0 Å². The standard InChI is InChI=1S/C13H20N2O2S/c1-15(2)8-11-10(4-5-12(14-11)18-3)13(16)6-7-17-9-13/h4-5,16H,6-9H2,1-3H3/t13-/m1/s1. The minimum Gasteiger partial charge on any atom is -0.383 e. The van der Waals surface area contributed by atoms with Crippen LogP contribution in [0, 0.1) is 0 Å². The van der Waals surface area contributed by atoms with E-state index in [1.54, 1.807) is 11.8 Å². The van der Waals surface area contributed by atoms with Gasteiger partial charge in [-0.3, -0.25) is 0 Å². The lowest BCUT2D eigenvalue weighted by molar-refractivity contribution is 0.0215. The molecule has 0 bridgehead atoms. The van der Waals surface area contributed by atoms with Gasteiger partial charge in [0.2, 0.25) is 0 Å². The molecule has 0 aromatic carbocycles. The molecule has 4 nitrogen and oxygen atoms in total. The van der Waals surface area contributed by atoms with Crippen molar-refractivity contribution in [3.63, 3.8) is 0 Å². The molecule has 1 saturated heterocycles. The number of rotatable bonds is 4. The summed E-state index contributed by atoms with van der Waals surface area (Å²) >= 11 is 1.62. The zero-order chi connectivity index (χ0) is 13.2. The number of ether oxygens (including phenoxy) is 1. The van der Waals surface area contributed by atoms with Gasteiger partial charge in [-0.1, -0.05) is 6.07 Å². The van der Waals surface area contributed by atoms with E-state index in [1.807, 2.05) is 32.5 Å². The molecule has 1 atom stereocenters. The van der Waals surface area contributed by atoms with Crippen LogP contribution in [-0.2, 0) is 16.9 Å². The van der Waals surface area contributed by atoms with Gasteiger partial charge in [0.25, 0.3) is 0 Å². The molecule has 1 N–H and O–H groups in total. The monoisotopic (exact) mass is 268 g/mol. The molecule has 1 aromatic rings. The molecule has 1 fully saturated rings. The summed E-state index contributed by atoms with van der Waals surface area (Å²) in [6, 6.07) is 3.96. The van der Waals surface area contributed by atoms with E-state index in [4.69, 9.17) is 4.74 Å². The van der Waals surface area contributed by atoms with Crippen LogP contribution in [-0.4, -0.2) is 48.6 Å². The predicted octanol–water partition coefficient (Wildman–Crippen LogP) is 1.47. The Hall–Kier alpha value is -0.620. The molecule has 1 aliphatic heterocycles. The van der Waals surface area contributed by atoms with Gasteiger partial charge in [-0.05, 0) is 26.4 Å². The van der Waals surface area contributed by atoms with Gasteiger partial charge in [-0.2, -0.15) is 0 Å². The highest BCUT2D eigenvalue weighted by Crippen LogP contribution is 2.33. The highest BCUT2D eigenvalue weighted by Gasteiger charge is 2.36. The van der Waals surface area contributed by atoms with E-state index in [1.165, 1.54) is 0 Å². The summed E-state index contributed by atoms with van der Waals surface area (Å²) < 4.78 is 5.33. The van der Waals surface area contributed by atoms with Crippen LogP contribution >= 0.6 is 11.8 Å². The molecule has 2 heterocycles. The third-order valence-electron chi connectivity index (χ3n) is 3.13. The van der Waals surface area contributed by atoms with Gasteiger partial charge in [-0.15, -0.1) is 11.8 Å². The van der Waals surface area contributed by atoms with Crippen LogP contribution in [0.3, 0.4) is 0 Å². The van der Waals surface area contributed by atoms with E-state index < -0.39 is 5.60 Å². The number of nitrogens with zero attached hydrogens (tertiary/aromatic N) is 2. The smallest absolute Gasteiger partial charge is 0.117 e. The maximum atomic E-state index is 10.6. The molecular weight excluding hydrogens is 248 g/mol. The van der Waals surface area contributed by atoms with Crippen LogP contribution in [0.15, 0.2) is 17.2 Å². The van der Waals surface area contributed by atoms with Crippen molar-refractivity contribution in [1.29, 1.82) is 0 Å². The first-order valence-electron chi connectivity index (χ1n) is 6.04. The predicted molar refractivity (Wildman–Crippen MR) is 72.7 cm³/mol. The third kappa shape index (κ3) is 2.85. The number of hydrogen-bond donors (Lipinski definition) is 1. The minimum absolute atomic E-state index is 0.369. The Morgan fingerprint density at radius 2 is 2.28 bits per heavy atom. The van der Waals surface area contributed by atoms with Crippen LogP contribution in [0.4, 0.5) is 0 Å². The summed E-state index contributed by atoms with van der Waals surface area (Å²) in [6.45, 7) is 1.71. The fraction of sp³-hybridized carbons (Fsp3) is 0.615. The molecule has 18 heavy (non-hydrogen) atoms. The van der Waals surface area contributed by atoms with E-state index >= 15 is 0 Å². The van der Waals surface area contributed by atoms with E-state index in [-0.39, 0.29) is 0 Å². The summed E-state index contributed by atoms with van der Waals surface area (Å²) in [5.41, 5.74) is 0.987. The number of thioether (sulfide) groups is 1. The first-order chi connectivity index (χ1) is 8.55. The Kier molecular flexibility index (Phi) is 4.27. The fourth-order valence-corrected chi connectivity index (χ4v) is 2.61. The lowest BCUT2D eigenvalue weighted by Gasteiger charge is -2.25. The van der Waals surface area contributed by atoms with E-state index in [0.29, 0.717) is 19.6 Å². The second kappa shape index (κ2) is 5.57. The van der Waals surface area contributed by atoms with E-state index in [9.17, 15) is 5.11 Å². The minimum atomic E-state index is -0.866. The third-order valence-corrected chi connectivity index (χ3v) is 3.77. The van der Waals surface area contributed by atoms with Crippen LogP contribution in [0.2, 0.25) is 0 Å². The molecular formula is C13H20N2O2S. The normalized spacial score (nSPS) is 23.8. The molecule has 2 rings (SSSR count). The first-order valence-corrected chi connectivity index (χ1v) is 7.27. The molecule has 0 unspecified atom stereocenters. The van der Waals surface area contributed by atoms with E-state index in [0.717, 1.165) is 22.8 Å². The summed E-state index contributed by atoms with van der Waals surface area (Å²) in [4.78, 5) is 6.69. The second-order valence-electron chi connectivity index (χ2n) is 4.92. The topological polar surface area (TPSA) is 45.6 Å². The Bertz CT molecular complexity index is 417. The summed E-state index contributed by atoms with van der Waals surface area (Å²) in [5.74, 6) is 0. The number of pyridine rings is 1. The Morgan fingerprint density at radius 3 is 2.83 bits per heavy atom. The second-order valence-corrected chi connectivity index (χ2v) is 5.75. The fourth-order valence-electron chi connectivity index (χ4n) is 2.21. The van der Waals surface area contributed by atoms with Crippen LogP contribution < -0.4 is 0 Å². The molecule has 1 aliphatic rings. The van der Waals surface area contributed by atoms with Crippen molar-refractivity contribution in [2.24, 2.45) is 0 Å². The highest BCUT2D eigenvalue weighted by molar-refractivity contribution is 7.98. The zero-order valence-corrected chi connectivity index (χ0v) is 12.0. The van der Waals surface area contributed by atoms with Crippen LogP contribution in [0.1, 0.15) is 17.7 Å². The lowest BCUT2D eigenvalue weighted by atomic mass is 9.91. The van der Waals surface area contributed by atoms with Gasteiger partial charge < -0.3 is 14.7 Å². The summed E-state index contributed by atoms with van der Waals surface area (Å²) in [6.07, 6.45) is 2.66. The number of hydrogen-bond acceptors (Lipinski definition) is 5. The maximum absolute atomic E-state index is 10.6. The SMILES string of the molecule is CSc1ccc([C@@]2(O)CCOC2)c(CN(C)C)n1. The zero-order valence-electron chi connectivity index (χ0n) is 11.1. The average molecular weight is 268 g/mol. The molecule has 0 saturated carbocycles. The summed E-state index contributed by atoms with van der Waals surface area (Å²) in [5, 5.41) is 11.6. The largest absolute Gasteiger partial charge is 0.383 e. The molecule has 0 amide bonds. The number of aliphatic hydroxyl groups is 1. The molecule has 1 aromatic heterocycles. The van der Waals surface area contributed by atoms with Crippen LogP contribution in [0.25, 0.3) is 0 Å². The summed E-state index contributed by atoms with van der Waals surface area (Å²) in [7, 11) is 4.01. The Morgan fingerprint density at radius 1 is 1.50 bits per heavy atom. The van der Waals surface area contributed by atoms with Crippen molar-refractivity contribution in [3.8, 4) is 0 Å². The molecule has 0 spiro atoms. The molecule has 5 heteroatoms. The molecule has 0 aliphatic carbocycles. The van der Waals surface area contributed by atoms with Crippen molar-refractivity contribution in [2.45, 2.75) is 23.6 Å². The van der Waals surface area contributed by atoms with Gasteiger partial charge in [0.05, 0.1) is 17.3 Å². The van der Waals surface area contributed by atoms with Crippen molar-refractivity contribution >= 4 is 11.8 Å². The molecule has 0 radical (unpaired) electrons. The van der Waals surface area contributed by atoms with Crippen molar-refractivity contribution < 1.29 is 9.84 Å². The maximum Gasteiger partial charge on any atom is 0.117 e. The van der Waals surface area contributed by atoms with Gasteiger partial charge in [0, 0.05) is 25.1 Å². The highest BCUT2D eigenvalue weighted by atomic mass is 32.2. The average Bonchev–Trinajstić information content (AvgIpc) is 2.76. The quantitative estimate of drug-likeness (QED) is 0.838. The van der Waals surface area contributed by atoms with Gasteiger partial charge in [-0.25, -0.2) is 4.98 Å². The van der Waals surface area contributed by atoms with E-state index in [2.05, 4.69) is 9.88 Å². The van der Waals surface area contributed by atoms with Crippen LogP contribution in [0.5, 0.6) is 0 Å². The Labute approximate surface area is 112 Å². The van der Waals surface area contributed by atoms with Crippen molar-refractivity contribution in [1.82, 2.24) is 9.88 Å². The van der Waals surface area contributed by atoms with Crippen molar-refractivity contribution in [3.05, 3.63) is 23.4 Å². The first kappa shape index (κ1) is 13.8. The number of aromatic nitrogens is 1. The van der Waals surface area contributed by atoms with Crippen molar-refractivity contribution in [2.75, 3.05) is 33.6 Å². The van der Waals surface area contributed by atoms with Gasteiger partial charge in [0.15, 0.2) is 0 Å². The van der Waals surface area contributed by atoms with Gasteiger partial charge in [0.1, 0.15) is 5.60 Å². The molecule has 100 valence electrons. The Balaban J connectivity index is 2.38. The lowest BCUT2D eigenvalue weighted by Crippen LogP contribution is -2.29.